The molecule has 0 unspecified atom stereocenters. The highest BCUT2D eigenvalue weighted by Gasteiger charge is 2.11. The maximum atomic E-state index is 12.7. The Balaban J connectivity index is 1.29. The zero-order valence-electron chi connectivity index (χ0n) is 22.4. The molecule has 0 aliphatic heterocycles. The van der Waals surface area contributed by atoms with Crippen LogP contribution >= 0.6 is 0 Å². The molecule has 4 rings (SSSR count). The fourth-order valence-electron chi connectivity index (χ4n) is 4.26. The van der Waals surface area contributed by atoms with Crippen molar-refractivity contribution in [2.75, 3.05) is 0 Å². The Bertz CT molecular complexity index is 1270. The van der Waals surface area contributed by atoms with Crippen molar-refractivity contribution in [1.29, 1.82) is 0 Å². The van der Waals surface area contributed by atoms with Crippen molar-refractivity contribution in [3.8, 4) is 28.5 Å². The molecule has 0 aliphatic carbocycles. The second-order valence-corrected chi connectivity index (χ2v) is 9.59. The fourth-order valence-corrected chi connectivity index (χ4v) is 4.26. The molecule has 0 bridgehead atoms. The van der Waals surface area contributed by atoms with Gasteiger partial charge in [0.15, 0.2) is 11.6 Å². The van der Waals surface area contributed by atoms with Gasteiger partial charge in [-0.2, -0.15) is 0 Å². The minimum atomic E-state index is -0.418. The van der Waals surface area contributed by atoms with Crippen molar-refractivity contribution < 1.29 is 9.53 Å². The maximum Gasteiger partial charge on any atom is 0.343 e. The smallest absolute Gasteiger partial charge is 0.343 e. The summed E-state index contributed by atoms with van der Waals surface area (Å²) in [5, 5.41) is 0. The first kappa shape index (κ1) is 27.1. The summed E-state index contributed by atoms with van der Waals surface area (Å²) in [4.78, 5) is 30.6. The number of aromatic nitrogens is 4. The van der Waals surface area contributed by atoms with E-state index in [1.165, 1.54) is 44.1 Å². The molecule has 0 atom stereocenters. The van der Waals surface area contributed by atoms with Gasteiger partial charge in [0, 0.05) is 35.9 Å². The van der Waals surface area contributed by atoms with Gasteiger partial charge in [0.1, 0.15) is 5.75 Å². The molecular weight excluding hydrogens is 472 g/mol. The molecule has 4 aromatic rings. The van der Waals surface area contributed by atoms with Crippen molar-refractivity contribution in [1.82, 2.24) is 19.9 Å². The molecule has 0 N–H and O–H groups in total. The molecule has 2 aromatic carbocycles. The molecular formula is C32H36N4O2. The van der Waals surface area contributed by atoms with Crippen LogP contribution in [0.5, 0.6) is 5.75 Å². The largest absolute Gasteiger partial charge is 0.423 e. The molecule has 0 saturated carbocycles. The lowest BCUT2D eigenvalue weighted by atomic mass is 10.1. The van der Waals surface area contributed by atoms with Gasteiger partial charge < -0.3 is 4.74 Å². The summed E-state index contributed by atoms with van der Waals surface area (Å²) in [6.45, 7) is 4.37. The lowest BCUT2D eigenvalue weighted by molar-refractivity contribution is 0.0735. The topological polar surface area (TPSA) is 77.9 Å². The summed E-state index contributed by atoms with van der Waals surface area (Å²) < 4.78 is 5.57. The summed E-state index contributed by atoms with van der Waals surface area (Å²) in [6.07, 6.45) is 18.2. The van der Waals surface area contributed by atoms with Gasteiger partial charge in [0.2, 0.25) is 0 Å². The van der Waals surface area contributed by atoms with Crippen molar-refractivity contribution in [3.63, 3.8) is 0 Å². The van der Waals surface area contributed by atoms with Gasteiger partial charge in [0.25, 0.3) is 0 Å². The highest BCUT2D eigenvalue weighted by atomic mass is 16.5. The van der Waals surface area contributed by atoms with E-state index in [0.29, 0.717) is 23.0 Å². The molecule has 0 fully saturated rings. The van der Waals surface area contributed by atoms with E-state index in [4.69, 9.17) is 4.74 Å². The Morgan fingerprint density at radius 3 is 1.66 bits per heavy atom. The van der Waals surface area contributed by atoms with Gasteiger partial charge in [-0.05, 0) is 66.8 Å². The van der Waals surface area contributed by atoms with Crippen LogP contribution in [0.3, 0.4) is 0 Å². The number of unbranched alkanes of at least 4 members (excludes halogenated alkanes) is 5. The van der Waals surface area contributed by atoms with Gasteiger partial charge in [-0.25, -0.2) is 24.7 Å². The molecule has 6 nitrogen and oxygen atoms in total. The summed E-state index contributed by atoms with van der Waals surface area (Å²) in [5.74, 6) is 1.35. The standard InChI is InChI=1S/C32H36N4O2/c1-3-5-6-7-8-9-11-25-22-35-31(36-23-25)27-16-18-29(19-17-27)38-32(37)28-14-12-26(13-15-28)30-33-20-24(10-4-2)21-34-30/h12-23H,3-11H2,1-2H3. The first-order chi connectivity index (χ1) is 18.7. The molecule has 6 heteroatoms. The van der Waals surface area contributed by atoms with Crippen molar-refractivity contribution in [2.45, 2.75) is 71.6 Å². The zero-order valence-corrected chi connectivity index (χ0v) is 22.4. The lowest BCUT2D eigenvalue weighted by Crippen LogP contribution is -2.08. The third-order valence-electron chi connectivity index (χ3n) is 6.47. The first-order valence-electron chi connectivity index (χ1n) is 13.7. The Morgan fingerprint density at radius 2 is 1.11 bits per heavy atom. The number of rotatable bonds is 13. The molecule has 0 saturated heterocycles. The van der Waals surface area contributed by atoms with Gasteiger partial charge in [-0.3, -0.25) is 0 Å². The predicted octanol–water partition coefficient (Wildman–Crippen LogP) is 7.68. The molecule has 0 amide bonds. The lowest BCUT2D eigenvalue weighted by Gasteiger charge is -2.07. The minimum Gasteiger partial charge on any atom is -0.423 e. The average molecular weight is 509 g/mol. The van der Waals surface area contributed by atoms with Gasteiger partial charge >= 0.3 is 5.97 Å². The van der Waals surface area contributed by atoms with Crippen molar-refractivity contribution in [3.05, 3.63) is 90.0 Å². The predicted molar refractivity (Wildman–Crippen MR) is 151 cm³/mol. The van der Waals surface area contributed by atoms with Crippen LogP contribution in [0.2, 0.25) is 0 Å². The van der Waals surface area contributed by atoms with E-state index in [-0.39, 0.29) is 0 Å². The summed E-state index contributed by atoms with van der Waals surface area (Å²) in [6, 6.07) is 14.4. The number of hydrogen-bond acceptors (Lipinski definition) is 6. The average Bonchev–Trinajstić information content (AvgIpc) is 2.96. The Hall–Kier alpha value is -3.93. The molecule has 0 spiro atoms. The Labute approximate surface area is 225 Å². The third-order valence-corrected chi connectivity index (χ3v) is 6.47. The van der Waals surface area contributed by atoms with E-state index >= 15 is 0 Å². The van der Waals surface area contributed by atoms with E-state index in [1.54, 1.807) is 24.3 Å². The summed E-state index contributed by atoms with van der Waals surface area (Å²) >= 11 is 0. The van der Waals surface area contributed by atoms with Crippen LogP contribution in [-0.4, -0.2) is 25.9 Å². The number of benzene rings is 2. The maximum absolute atomic E-state index is 12.7. The monoisotopic (exact) mass is 508 g/mol. The quantitative estimate of drug-likeness (QED) is 0.105. The minimum absolute atomic E-state index is 0.418. The second-order valence-electron chi connectivity index (χ2n) is 9.59. The van der Waals surface area contributed by atoms with E-state index in [9.17, 15) is 4.79 Å². The number of aryl methyl sites for hydroxylation is 2. The van der Waals surface area contributed by atoms with Crippen LogP contribution in [0, 0.1) is 0 Å². The van der Waals surface area contributed by atoms with Crippen LogP contribution < -0.4 is 4.74 Å². The number of ether oxygens (including phenoxy) is 1. The molecule has 2 heterocycles. The highest BCUT2D eigenvalue weighted by Crippen LogP contribution is 2.22. The Kier molecular flexibility index (Phi) is 10.1. The normalized spacial score (nSPS) is 10.9. The highest BCUT2D eigenvalue weighted by molar-refractivity contribution is 5.91. The second kappa shape index (κ2) is 14.1. The zero-order chi connectivity index (χ0) is 26.6. The van der Waals surface area contributed by atoms with Crippen LogP contribution in [0.4, 0.5) is 0 Å². The van der Waals surface area contributed by atoms with Gasteiger partial charge in [0.05, 0.1) is 5.56 Å². The van der Waals surface area contributed by atoms with E-state index in [2.05, 4.69) is 33.8 Å². The number of carbonyl (C=O) groups excluding carboxylic acids is 1. The van der Waals surface area contributed by atoms with Crippen LogP contribution in [0.15, 0.2) is 73.3 Å². The number of nitrogens with zero attached hydrogens (tertiary/aromatic N) is 4. The van der Waals surface area contributed by atoms with Gasteiger partial charge in [-0.15, -0.1) is 0 Å². The van der Waals surface area contributed by atoms with Crippen molar-refractivity contribution in [2.24, 2.45) is 0 Å². The van der Waals surface area contributed by atoms with Crippen LogP contribution in [-0.2, 0) is 12.8 Å². The summed E-state index contributed by atoms with van der Waals surface area (Å²) in [5.41, 5.74) is 4.48. The first-order valence-corrected chi connectivity index (χ1v) is 13.7. The molecule has 38 heavy (non-hydrogen) atoms. The van der Waals surface area contributed by atoms with Crippen LogP contribution in [0.25, 0.3) is 22.8 Å². The Morgan fingerprint density at radius 1 is 0.605 bits per heavy atom. The molecule has 2 aromatic heterocycles. The summed E-state index contributed by atoms with van der Waals surface area (Å²) in [7, 11) is 0. The SMILES string of the molecule is CCCCCCCCc1cnc(-c2ccc(OC(=O)c3ccc(-c4ncc(CCC)cn4)cc3)cc2)nc1. The molecule has 196 valence electrons. The van der Waals surface area contributed by atoms with E-state index in [1.807, 2.05) is 49.1 Å². The third kappa shape index (κ3) is 7.78. The number of carbonyl (C=O) groups is 1. The van der Waals surface area contributed by atoms with Gasteiger partial charge in [-0.1, -0.05) is 64.5 Å². The van der Waals surface area contributed by atoms with Crippen LogP contribution in [0.1, 0.15) is 80.3 Å². The number of esters is 1. The fraction of sp³-hybridized carbons (Fsp3) is 0.344. The van der Waals surface area contributed by atoms with Crippen molar-refractivity contribution >= 4 is 5.97 Å². The molecule has 0 aliphatic rings. The number of hydrogen-bond donors (Lipinski definition) is 0. The van der Waals surface area contributed by atoms with E-state index in [0.717, 1.165) is 36.0 Å². The molecule has 0 radical (unpaired) electrons. The van der Waals surface area contributed by atoms with E-state index < -0.39 is 5.97 Å².